The van der Waals surface area contributed by atoms with Crippen molar-refractivity contribution in [1.29, 1.82) is 0 Å². The molecule has 3 fully saturated rings. The van der Waals surface area contributed by atoms with Gasteiger partial charge in [0.15, 0.2) is 5.69 Å². The number of hydrogen-bond donors (Lipinski definition) is 1. The molecule has 8 nitrogen and oxygen atoms in total. The van der Waals surface area contributed by atoms with Gasteiger partial charge in [0.1, 0.15) is 11.4 Å². The Morgan fingerprint density at radius 2 is 1.73 bits per heavy atom. The van der Waals surface area contributed by atoms with Crippen LogP contribution in [0.15, 0.2) is 48.5 Å². The number of ether oxygens (including phenoxy) is 1. The first-order chi connectivity index (χ1) is 19.7. The highest BCUT2D eigenvalue weighted by atomic mass is 19.3. The summed E-state index contributed by atoms with van der Waals surface area (Å²) in [6.07, 6.45) is 3.82. The predicted octanol–water partition coefficient (Wildman–Crippen LogP) is 4.51. The molecular formula is C31H33F2N5O3. The number of nitrogens with two attached hydrogens (primary N) is 1. The molecule has 2 saturated carbocycles. The number of aromatic nitrogens is 2. The van der Waals surface area contributed by atoms with Gasteiger partial charge >= 0.3 is 0 Å². The first-order valence-corrected chi connectivity index (χ1v) is 14.3. The molecule has 7 rings (SSSR count). The summed E-state index contributed by atoms with van der Waals surface area (Å²) in [7, 11) is 1.58. The Balaban J connectivity index is 1.21. The number of fused-ring (bicyclic) bond motifs is 2. The van der Waals surface area contributed by atoms with E-state index in [0.717, 1.165) is 36.9 Å². The Kier molecular flexibility index (Phi) is 5.97. The lowest BCUT2D eigenvalue weighted by Gasteiger charge is -2.34. The van der Waals surface area contributed by atoms with Crippen molar-refractivity contribution in [2.45, 2.75) is 49.4 Å². The quantitative estimate of drug-likeness (QED) is 0.437. The SMILES string of the molecule is COc1ccc(-n2nc(C(N)=O)c3c2C(=O)N(c2ccc(C(CN4CCC(F)(F)C4)C4CC4)cc2)CC32CC2)cc1. The third-order valence-corrected chi connectivity index (χ3v) is 9.26. The van der Waals surface area contributed by atoms with Crippen LogP contribution in [0.2, 0.25) is 0 Å². The summed E-state index contributed by atoms with van der Waals surface area (Å²) in [5.74, 6) is -2.11. The fraction of sp³-hybridized carbons (Fsp3) is 0.452. The topological polar surface area (TPSA) is 93.7 Å². The highest BCUT2D eigenvalue weighted by Crippen LogP contribution is 2.54. The normalized spacial score (nSPS) is 21.6. The van der Waals surface area contributed by atoms with Crippen LogP contribution >= 0.6 is 0 Å². The Bertz CT molecular complexity index is 1510. The Morgan fingerprint density at radius 3 is 2.29 bits per heavy atom. The van der Waals surface area contributed by atoms with E-state index in [9.17, 15) is 18.4 Å². The summed E-state index contributed by atoms with van der Waals surface area (Å²) in [6, 6.07) is 15.2. The predicted molar refractivity (Wildman–Crippen MR) is 149 cm³/mol. The number of methoxy groups -OCH3 is 1. The number of alkyl halides is 2. The van der Waals surface area contributed by atoms with Crippen LogP contribution in [0.1, 0.15) is 70.1 Å². The second-order valence-electron chi connectivity index (χ2n) is 12.1. The number of halogens is 2. The molecule has 2 aliphatic heterocycles. The minimum atomic E-state index is -2.60. The number of anilines is 1. The van der Waals surface area contributed by atoms with Crippen molar-refractivity contribution < 1.29 is 23.1 Å². The summed E-state index contributed by atoms with van der Waals surface area (Å²) in [5.41, 5.74) is 9.07. The zero-order valence-electron chi connectivity index (χ0n) is 23.0. The van der Waals surface area contributed by atoms with E-state index >= 15 is 0 Å². The molecule has 1 spiro atoms. The van der Waals surface area contributed by atoms with Crippen LogP contribution in [-0.4, -0.2) is 65.7 Å². The fourth-order valence-electron chi connectivity index (χ4n) is 6.72. The zero-order chi connectivity index (χ0) is 28.5. The van der Waals surface area contributed by atoms with E-state index in [1.807, 2.05) is 29.2 Å². The number of carbonyl (C=O) groups excluding carboxylic acids is 2. The van der Waals surface area contributed by atoms with Crippen LogP contribution in [0.4, 0.5) is 14.5 Å². The molecule has 2 amide bonds. The van der Waals surface area contributed by atoms with E-state index < -0.39 is 11.8 Å². The Morgan fingerprint density at radius 1 is 1.05 bits per heavy atom. The highest BCUT2D eigenvalue weighted by molar-refractivity contribution is 6.10. The van der Waals surface area contributed by atoms with Gasteiger partial charge < -0.3 is 15.4 Å². The van der Waals surface area contributed by atoms with Gasteiger partial charge in [-0.2, -0.15) is 5.10 Å². The van der Waals surface area contributed by atoms with Crippen molar-refractivity contribution >= 4 is 17.5 Å². The van der Waals surface area contributed by atoms with Crippen LogP contribution < -0.4 is 15.4 Å². The van der Waals surface area contributed by atoms with E-state index in [1.54, 1.807) is 36.3 Å². The molecule has 2 aliphatic carbocycles. The lowest BCUT2D eigenvalue weighted by atomic mass is 9.87. The van der Waals surface area contributed by atoms with Crippen LogP contribution in [-0.2, 0) is 5.41 Å². The molecule has 3 aromatic rings. The maximum Gasteiger partial charge on any atom is 0.277 e. The molecular weight excluding hydrogens is 528 g/mol. The minimum absolute atomic E-state index is 0.0747. The van der Waals surface area contributed by atoms with Crippen LogP contribution in [0.25, 0.3) is 5.69 Å². The number of amides is 2. The third-order valence-electron chi connectivity index (χ3n) is 9.26. The molecule has 1 unspecified atom stereocenters. The summed E-state index contributed by atoms with van der Waals surface area (Å²) < 4.78 is 34.5. The van der Waals surface area contributed by atoms with Crippen molar-refractivity contribution in [3.8, 4) is 11.4 Å². The number of rotatable bonds is 8. The number of likely N-dealkylation sites (tertiary alicyclic amines) is 1. The zero-order valence-corrected chi connectivity index (χ0v) is 23.0. The third kappa shape index (κ3) is 4.58. The second-order valence-corrected chi connectivity index (χ2v) is 12.1. The molecule has 1 atom stereocenters. The maximum absolute atomic E-state index is 14.1. The lowest BCUT2D eigenvalue weighted by molar-refractivity contribution is 0.0115. The average Bonchev–Trinajstić information content (AvgIpc) is 3.88. The molecule has 10 heteroatoms. The number of hydrogen-bond acceptors (Lipinski definition) is 5. The molecule has 41 heavy (non-hydrogen) atoms. The van der Waals surface area contributed by atoms with E-state index in [4.69, 9.17) is 10.5 Å². The number of primary amides is 1. The molecule has 4 aliphatic rings. The molecule has 2 N–H and O–H groups in total. The largest absolute Gasteiger partial charge is 0.497 e. The number of nitrogens with zero attached hydrogens (tertiary/aromatic N) is 4. The van der Waals surface area contributed by atoms with Crippen LogP contribution in [0.5, 0.6) is 5.75 Å². The van der Waals surface area contributed by atoms with Crippen molar-refractivity contribution in [1.82, 2.24) is 14.7 Å². The van der Waals surface area contributed by atoms with Gasteiger partial charge in [0.2, 0.25) is 0 Å². The van der Waals surface area contributed by atoms with E-state index in [-0.39, 0.29) is 35.9 Å². The average molecular weight is 562 g/mol. The van der Waals surface area contributed by atoms with Gasteiger partial charge in [0, 0.05) is 42.7 Å². The smallest absolute Gasteiger partial charge is 0.277 e. The minimum Gasteiger partial charge on any atom is -0.497 e. The van der Waals surface area contributed by atoms with Gasteiger partial charge in [-0.3, -0.25) is 14.5 Å². The summed E-state index contributed by atoms with van der Waals surface area (Å²) in [5, 5.41) is 4.55. The van der Waals surface area contributed by atoms with Gasteiger partial charge in [-0.05, 0) is 79.5 Å². The van der Waals surface area contributed by atoms with E-state index in [1.165, 1.54) is 4.68 Å². The van der Waals surface area contributed by atoms with E-state index in [2.05, 4.69) is 5.10 Å². The lowest BCUT2D eigenvalue weighted by Crippen LogP contribution is -2.44. The first kappa shape index (κ1) is 26.1. The Labute approximate surface area is 237 Å². The number of benzene rings is 2. The summed E-state index contributed by atoms with van der Waals surface area (Å²) in [4.78, 5) is 30.3. The van der Waals surface area contributed by atoms with Crippen LogP contribution in [0.3, 0.4) is 0 Å². The molecule has 0 radical (unpaired) electrons. The molecule has 3 heterocycles. The van der Waals surface area contributed by atoms with Gasteiger partial charge in [-0.1, -0.05) is 12.1 Å². The molecule has 214 valence electrons. The van der Waals surface area contributed by atoms with Crippen LogP contribution in [0, 0.1) is 5.92 Å². The standard InChI is InChI=1S/C31H33F2N5O3/c1-41-23-10-8-22(9-11-23)38-27-25(26(35-38)28(34)39)30(12-13-30)17-37(29(27)40)21-6-4-20(5-7-21)24(19-2-3-19)16-36-15-14-31(32,33)18-36/h4-11,19,24H,2-3,12-18H2,1H3,(H2,34,39). The first-order valence-electron chi connectivity index (χ1n) is 14.3. The van der Waals surface area contributed by atoms with Gasteiger partial charge in [0.25, 0.3) is 17.7 Å². The van der Waals surface area contributed by atoms with Crippen molar-refractivity contribution in [2.24, 2.45) is 11.7 Å². The molecule has 0 bridgehead atoms. The molecule has 2 aromatic carbocycles. The van der Waals surface area contributed by atoms with Crippen molar-refractivity contribution in [3.63, 3.8) is 0 Å². The highest BCUT2D eigenvalue weighted by Gasteiger charge is 2.56. The van der Waals surface area contributed by atoms with Crippen molar-refractivity contribution in [3.05, 3.63) is 71.0 Å². The summed E-state index contributed by atoms with van der Waals surface area (Å²) >= 11 is 0. The van der Waals surface area contributed by atoms with Gasteiger partial charge in [-0.15, -0.1) is 0 Å². The summed E-state index contributed by atoms with van der Waals surface area (Å²) in [6.45, 7) is 1.33. The molecule has 1 saturated heterocycles. The Hall–Kier alpha value is -3.79. The van der Waals surface area contributed by atoms with Crippen molar-refractivity contribution in [2.75, 3.05) is 38.2 Å². The molecule has 1 aromatic heterocycles. The second kappa shape index (κ2) is 9.37. The van der Waals surface area contributed by atoms with Gasteiger partial charge in [0.05, 0.1) is 19.3 Å². The van der Waals surface area contributed by atoms with Gasteiger partial charge in [-0.25, -0.2) is 13.5 Å². The monoisotopic (exact) mass is 561 g/mol. The number of carbonyl (C=O) groups is 2. The maximum atomic E-state index is 14.1. The van der Waals surface area contributed by atoms with E-state index in [0.29, 0.717) is 48.2 Å². The fourth-order valence-corrected chi connectivity index (χ4v) is 6.72.